The first kappa shape index (κ1) is 24.6. The van der Waals surface area contributed by atoms with E-state index in [2.05, 4.69) is 10.3 Å². The first-order chi connectivity index (χ1) is 15.7. The van der Waals surface area contributed by atoms with E-state index in [4.69, 9.17) is 14.2 Å². The summed E-state index contributed by atoms with van der Waals surface area (Å²) < 4.78 is 17.7. The van der Waals surface area contributed by atoms with Crippen LogP contribution in [0.1, 0.15) is 50.0 Å². The van der Waals surface area contributed by atoms with Crippen molar-refractivity contribution in [2.75, 3.05) is 44.5 Å². The summed E-state index contributed by atoms with van der Waals surface area (Å²) in [5.41, 5.74) is 0.798. The minimum Gasteiger partial charge on any atom is -0.462 e. The molecule has 1 aromatic carbocycles. The highest BCUT2D eigenvalue weighted by molar-refractivity contribution is 5.94. The second kappa shape index (κ2) is 10.7. The van der Waals surface area contributed by atoms with Crippen LogP contribution in [-0.2, 0) is 20.6 Å². The van der Waals surface area contributed by atoms with E-state index < -0.39 is 17.7 Å². The van der Waals surface area contributed by atoms with Gasteiger partial charge in [-0.15, -0.1) is 0 Å². The number of rotatable bonds is 7. The highest BCUT2D eigenvalue weighted by Crippen LogP contribution is 2.17. The first-order valence-electron chi connectivity index (χ1n) is 11.3. The summed E-state index contributed by atoms with van der Waals surface area (Å²) in [6.07, 6.45) is 2.46. The van der Waals surface area contributed by atoms with E-state index in [1.807, 2.05) is 43.6 Å². The molecule has 0 aliphatic carbocycles. The van der Waals surface area contributed by atoms with Crippen LogP contribution in [0.25, 0.3) is 10.9 Å². The fourth-order valence-corrected chi connectivity index (χ4v) is 3.67. The van der Waals surface area contributed by atoms with Crippen molar-refractivity contribution < 1.29 is 23.8 Å². The summed E-state index contributed by atoms with van der Waals surface area (Å²) in [7, 11) is 0. The van der Waals surface area contributed by atoms with E-state index in [1.54, 1.807) is 13.1 Å². The molecule has 1 fully saturated rings. The Balaban J connectivity index is 1.83. The highest BCUT2D eigenvalue weighted by atomic mass is 16.6. The lowest BCUT2D eigenvalue weighted by Gasteiger charge is -2.32. The number of nitrogens with one attached hydrogen (secondary N) is 1. The van der Waals surface area contributed by atoms with Gasteiger partial charge < -0.3 is 24.5 Å². The molecule has 33 heavy (non-hydrogen) atoms. The molecule has 9 nitrogen and oxygen atoms in total. The van der Waals surface area contributed by atoms with E-state index in [-0.39, 0.29) is 17.6 Å². The Morgan fingerprint density at radius 2 is 1.91 bits per heavy atom. The summed E-state index contributed by atoms with van der Waals surface area (Å²) in [6, 6.07) is 5.69. The zero-order valence-corrected chi connectivity index (χ0v) is 19.8. The number of hydrogen-bond donors (Lipinski definition) is 1. The minimum absolute atomic E-state index is 0.0135. The van der Waals surface area contributed by atoms with Crippen molar-refractivity contribution >= 4 is 23.0 Å². The summed E-state index contributed by atoms with van der Waals surface area (Å²) in [6.45, 7) is 10.3. The molecule has 1 aliphatic heterocycles. The van der Waals surface area contributed by atoms with Gasteiger partial charge in [0.25, 0.3) is 0 Å². The van der Waals surface area contributed by atoms with Crippen LogP contribution in [0.4, 0.5) is 4.79 Å². The maximum atomic E-state index is 13.2. The number of fused-ring (bicyclic) bond motifs is 1. The molecular weight excluding hydrogens is 426 g/mol. The normalized spacial score (nSPS) is 14.2. The minimum atomic E-state index is -0.627. The van der Waals surface area contributed by atoms with Gasteiger partial charge in [0.1, 0.15) is 11.2 Å². The van der Waals surface area contributed by atoms with Crippen molar-refractivity contribution in [1.29, 1.82) is 0 Å². The maximum Gasteiger partial charge on any atom is 0.407 e. The lowest BCUT2D eigenvalue weighted by atomic mass is 10.0. The number of amides is 1. The number of nitrogens with zero attached hydrogens (tertiary/aromatic N) is 2. The Hall–Kier alpha value is -3.07. The summed E-state index contributed by atoms with van der Waals surface area (Å²) >= 11 is 0. The monoisotopic (exact) mass is 459 g/mol. The van der Waals surface area contributed by atoms with Crippen molar-refractivity contribution in [2.45, 2.75) is 46.1 Å². The summed E-state index contributed by atoms with van der Waals surface area (Å²) in [5.74, 6) is -0.627. The van der Waals surface area contributed by atoms with E-state index in [9.17, 15) is 14.4 Å². The zero-order chi connectivity index (χ0) is 24.0. The summed E-state index contributed by atoms with van der Waals surface area (Å²) in [4.78, 5) is 37.4. The van der Waals surface area contributed by atoms with Crippen molar-refractivity contribution in [3.8, 4) is 0 Å². The van der Waals surface area contributed by atoms with Gasteiger partial charge >= 0.3 is 12.1 Å². The Kier molecular flexibility index (Phi) is 7.97. The van der Waals surface area contributed by atoms with Crippen molar-refractivity contribution in [3.05, 3.63) is 45.7 Å². The fourth-order valence-electron chi connectivity index (χ4n) is 3.67. The van der Waals surface area contributed by atoms with Crippen LogP contribution < -0.4 is 15.8 Å². The van der Waals surface area contributed by atoms with Crippen LogP contribution in [-0.4, -0.2) is 61.8 Å². The number of esters is 1. The maximum absolute atomic E-state index is 13.2. The fraction of sp³-hybridized carbons (Fsp3) is 0.542. The number of pyridine rings is 1. The van der Waals surface area contributed by atoms with Crippen LogP contribution in [0, 0.1) is 0 Å². The lowest BCUT2D eigenvalue weighted by Crippen LogP contribution is -2.45. The molecule has 1 saturated heterocycles. The number of morpholine rings is 1. The van der Waals surface area contributed by atoms with E-state index in [0.29, 0.717) is 51.1 Å². The van der Waals surface area contributed by atoms with Crippen LogP contribution in [0.15, 0.2) is 29.2 Å². The first-order valence-corrected chi connectivity index (χ1v) is 11.3. The molecule has 1 aromatic heterocycles. The number of ether oxygens (including phenoxy) is 3. The van der Waals surface area contributed by atoms with Gasteiger partial charge in [0.15, 0.2) is 0 Å². The zero-order valence-electron chi connectivity index (χ0n) is 19.8. The molecule has 9 heteroatoms. The van der Waals surface area contributed by atoms with Gasteiger partial charge in [-0.25, -0.2) is 9.59 Å². The number of aryl methyl sites for hydroxylation is 1. The Morgan fingerprint density at radius 3 is 2.58 bits per heavy atom. The van der Waals surface area contributed by atoms with Crippen molar-refractivity contribution in [2.24, 2.45) is 0 Å². The average Bonchev–Trinajstić information content (AvgIpc) is 2.77. The molecule has 2 heterocycles. The van der Waals surface area contributed by atoms with Crippen LogP contribution >= 0.6 is 0 Å². The quantitative estimate of drug-likeness (QED) is 0.502. The number of hydrogen-bond acceptors (Lipinski definition) is 7. The van der Waals surface area contributed by atoms with Gasteiger partial charge in [-0.2, -0.15) is 0 Å². The van der Waals surface area contributed by atoms with Gasteiger partial charge in [-0.1, -0.05) is 6.07 Å². The Labute approximate surface area is 193 Å². The van der Waals surface area contributed by atoms with E-state index in [0.717, 1.165) is 11.1 Å². The molecule has 0 spiro atoms. The number of carbonyl (C=O) groups is 2. The molecule has 1 N–H and O–H groups in total. The third-order valence-corrected chi connectivity index (χ3v) is 5.15. The number of carbonyl (C=O) groups excluding carboxylic acids is 2. The highest BCUT2D eigenvalue weighted by Gasteiger charge is 2.20. The number of benzene rings is 1. The standard InChI is InChI=1S/C24H33N3O6/c1-5-32-22(29)19-16-27(26-11-13-31-14-12-26)20-9-8-17(15-18(20)21(19)28)7-6-10-25-23(30)33-24(2,3)4/h8-9,15-16H,5-7,10-14H2,1-4H3,(H,25,30). The van der Waals surface area contributed by atoms with Crippen molar-refractivity contribution in [1.82, 2.24) is 9.99 Å². The molecular formula is C24H33N3O6. The largest absolute Gasteiger partial charge is 0.462 e. The average molecular weight is 460 g/mol. The smallest absolute Gasteiger partial charge is 0.407 e. The van der Waals surface area contributed by atoms with Gasteiger partial charge in [-0.05, 0) is 58.2 Å². The van der Waals surface area contributed by atoms with Crippen LogP contribution in [0.2, 0.25) is 0 Å². The second-order valence-electron chi connectivity index (χ2n) is 8.89. The molecule has 1 amide bonds. The van der Waals surface area contributed by atoms with Gasteiger partial charge in [0.2, 0.25) is 5.43 Å². The van der Waals surface area contributed by atoms with Crippen LogP contribution in [0.5, 0.6) is 0 Å². The number of aromatic nitrogens is 1. The van der Waals surface area contributed by atoms with Gasteiger partial charge in [0, 0.05) is 18.1 Å². The lowest BCUT2D eigenvalue weighted by molar-refractivity contribution is 0.0515. The summed E-state index contributed by atoms with van der Waals surface area (Å²) in [5, 5.41) is 5.26. The SMILES string of the molecule is CCOC(=O)c1cn(N2CCOCC2)c2ccc(CCCNC(=O)OC(C)(C)C)cc2c1=O. The molecule has 1 aliphatic rings. The van der Waals surface area contributed by atoms with E-state index >= 15 is 0 Å². The number of alkyl carbamates (subject to hydrolysis) is 1. The second-order valence-corrected chi connectivity index (χ2v) is 8.89. The topological polar surface area (TPSA) is 99.1 Å². The third-order valence-electron chi connectivity index (χ3n) is 5.15. The van der Waals surface area contributed by atoms with Gasteiger partial charge in [0.05, 0.1) is 38.4 Å². The molecule has 3 rings (SSSR count). The van der Waals surface area contributed by atoms with Crippen molar-refractivity contribution in [3.63, 3.8) is 0 Å². The van der Waals surface area contributed by atoms with E-state index in [1.165, 1.54) is 0 Å². The predicted octanol–water partition coefficient (Wildman–Crippen LogP) is 2.60. The predicted molar refractivity (Wildman–Crippen MR) is 125 cm³/mol. The molecule has 0 unspecified atom stereocenters. The molecule has 0 bridgehead atoms. The van der Waals surface area contributed by atoms with Gasteiger partial charge in [-0.3, -0.25) is 9.47 Å². The Bertz CT molecular complexity index is 1050. The third kappa shape index (κ3) is 6.47. The molecule has 2 aromatic rings. The Morgan fingerprint density at radius 1 is 1.18 bits per heavy atom. The molecule has 0 atom stereocenters. The van der Waals surface area contributed by atoms with Crippen LogP contribution in [0.3, 0.4) is 0 Å². The molecule has 0 radical (unpaired) electrons. The molecule has 180 valence electrons. The molecule has 0 saturated carbocycles.